The van der Waals surface area contributed by atoms with Crippen molar-refractivity contribution >= 4 is 11.8 Å². The fraction of sp³-hybridized carbons (Fsp3) is 0.750. The topological polar surface area (TPSA) is 55.4 Å². The molecule has 1 spiro atoms. The van der Waals surface area contributed by atoms with Crippen LogP contribution in [-0.2, 0) is 14.3 Å². The van der Waals surface area contributed by atoms with Crippen LogP contribution < -0.4 is 5.32 Å². The summed E-state index contributed by atoms with van der Waals surface area (Å²) in [6.07, 6.45) is -2.03. The minimum atomic E-state index is -4.88. The Morgan fingerprint density at radius 2 is 1.91 bits per heavy atom. The van der Waals surface area contributed by atoms with Crippen LogP contribution in [0.1, 0.15) is 46.0 Å². The van der Waals surface area contributed by atoms with E-state index in [-0.39, 0.29) is 17.2 Å². The number of allylic oxidation sites excluding steroid dienone is 2. The van der Waals surface area contributed by atoms with Gasteiger partial charge in [-0.05, 0) is 31.6 Å². The van der Waals surface area contributed by atoms with Crippen molar-refractivity contribution in [1.82, 2.24) is 5.32 Å². The van der Waals surface area contributed by atoms with E-state index < -0.39 is 29.4 Å². The van der Waals surface area contributed by atoms with E-state index >= 15 is 0 Å². The van der Waals surface area contributed by atoms with Crippen LogP contribution in [0, 0.1) is 11.3 Å². The average Bonchev–Trinajstić information content (AvgIpc) is 2.36. The van der Waals surface area contributed by atoms with Gasteiger partial charge in [-0.25, -0.2) is 4.79 Å². The quantitative estimate of drug-likeness (QED) is 0.759. The molecule has 1 fully saturated rings. The van der Waals surface area contributed by atoms with Gasteiger partial charge < -0.3 is 10.1 Å². The maximum Gasteiger partial charge on any atom is 0.454 e. The third kappa shape index (κ3) is 3.38. The summed E-state index contributed by atoms with van der Waals surface area (Å²) < 4.78 is 43.3. The second-order valence-electron chi connectivity index (χ2n) is 6.84. The molecule has 0 bridgehead atoms. The van der Waals surface area contributed by atoms with E-state index in [1.807, 2.05) is 13.8 Å². The highest BCUT2D eigenvalue weighted by Gasteiger charge is 2.57. The Kier molecular flexibility index (Phi) is 4.78. The number of halogens is 3. The first kappa shape index (κ1) is 17.8. The number of nitrogens with one attached hydrogen (secondary N) is 1. The number of methoxy groups -OCH3 is 1. The summed E-state index contributed by atoms with van der Waals surface area (Å²) in [4.78, 5) is 23.6. The molecule has 2 aliphatic rings. The summed E-state index contributed by atoms with van der Waals surface area (Å²) in [5.74, 6) is -2.15. The van der Waals surface area contributed by atoms with Crippen LogP contribution in [-0.4, -0.2) is 31.1 Å². The van der Waals surface area contributed by atoms with Crippen LogP contribution in [0.5, 0.6) is 0 Å². The van der Waals surface area contributed by atoms with E-state index in [9.17, 15) is 22.8 Å². The van der Waals surface area contributed by atoms with Crippen molar-refractivity contribution in [1.29, 1.82) is 0 Å². The van der Waals surface area contributed by atoms with Gasteiger partial charge in [0, 0.05) is 16.7 Å². The number of rotatable bonds is 6. The minimum absolute atomic E-state index is 0.159. The van der Waals surface area contributed by atoms with Gasteiger partial charge in [-0.2, -0.15) is 13.2 Å². The second-order valence-corrected chi connectivity index (χ2v) is 6.84. The predicted molar refractivity (Wildman–Crippen MR) is 77.4 cm³/mol. The van der Waals surface area contributed by atoms with E-state index in [0.29, 0.717) is 25.7 Å². The molecule has 0 saturated heterocycles. The van der Waals surface area contributed by atoms with E-state index in [4.69, 9.17) is 4.74 Å². The summed E-state index contributed by atoms with van der Waals surface area (Å²) in [6.45, 7) is 3.81. The zero-order valence-corrected chi connectivity index (χ0v) is 13.5. The molecule has 1 atom stereocenters. The molecule has 23 heavy (non-hydrogen) atoms. The zero-order chi connectivity index (χ0) is 17.4. The summed E-state index contributed by atoms with van der Waals surface area (Å²) in [6, 6.07) is -0.733. The van der Waals surface area contributed by atoms with Crippen LogP contribution >= 0.6 is 0 Å². The lowest BCUT2D eigenvalue weighted by atomic mass is 9.53. The molecule has 0 aromatic carbocycles. The van der Waals surface area contributed by atoms with Crippen LogP contribution in [0.25, 0.3) is 0 Å². The number of carbonyl (C=O) groups is 2. The summed E-state index contributed by atoms with van der Waals surface area (Å²) in [7, 11) is 1.24. The Morgan fingerprint density at radius 1 is 1.30 bits per heavy atom. The fourth-order valence-electron chi connectivity index (χ4n) is 3.44. The normalized spacial score (nSPS) is 20.8. The molecule has 0 aliphatic heterocycles. The van der Waals surface area contributed by atoms with Gasteiger partial charge in [0.15, 0.2) is 0 Å². The molecule has 0 amide bonds. The molecule has 2 rings (SSSR count). The van der Waals surface area contributed by atoms with Gasteiger partial charge in [0.2, 0.25) is 0 Å². The number of alkyl halides is 3. The Balaban J connectivity index is 2.25. The second kappa shape index (κ2) is 6.17. The Morgan fingerprint density at radius 3 is 2.30 bits per heavy atom. The molecule has 0 heterocycles. The van der Waals surface area contributed by atoms with Crippen molar-refractivity contribution in [2.45, 2.75) is 58.2 Å². The highest BCUT2D eigenvalue weighted by Crippen LogP contribution is 2.60. The van der Waals surface area contributed by atoms with Crippen molar-refractivity contribution < 1.29 is 27.5 Å². The maximum absolute atomic E-state index is 12.9. The highest BCUT2D eigenvalue weighted by atomic mass is 19.4. The van der Waals surface area contributed by atoms with E-state index in [1.54, 1.807) is 0 Å². The number of hydrogen-bond donors (Lipinski definition) is 1. The third-order valence-corrected chi connectivity index (χ3v) is 4.68. The lowest BCUT2D eigenvalue weighted by Gasteiger charge is -2.52. The first-order chi connectivity index (χ1) is 10.6. The third-order valence-electron chi connectivity index (χ3n) is 4.68. The zero-order valence-electron chi connectivity index (χ0n) is 13.5. The SMILES string of the molecule is COC(=O)C(CC(C)C)NC1=C(C(=O)C(F)(F)F)C2(CCC2)C1. The lowest BCUT2D eigenvalue weighted by molar-refractivity contribution is -0.169. The standard InChI is InChI=1S/C16H22F3NO3/c1-9(2)7-10(14(22)23-3)20-11-8-15(5-4-6-15)12(11)13(21)16(17,18)19/h9-10,20H,4-8H2,1-3H3. The van der Waals surface area contributed by atoms with Gasteiger partial charge in [-0.1, -0.05) is 20.3 Å². The van der Waals surface area contributed by atoms with E-state index in [0.717, 1.165) is 6.42 Å². The number of ether oxygens (including phenoxy) is 1. The highest BCUT2D eigenvalue weighted by molar-refractivity contribution is 6.03. The molecule has 2 aliphatic carbocycles. The maximum atomic E-state index is 12.9. The van der Waals surface area contributed by atoms with E-state index in [1.165, 1.54) is 7.11 Å². The first-order valence-corrected chi connectivity index (χ1v) is 7.80. The molecule has 0 aromatic rings. The van der Waals surface area contributed by atoms with Crippen LogP contribution in [0.15, 0.2) is 11.3 Å². The van der Waals surface area contributed by atoms with Crippen LogP contribution in [0.4, 0.5) is 13.2 Å². The van der Waals surface area contributed by atoms with Gasteiger partial charge in [0.1, 0.15) is 6.04 Å². The molecule has 1 unspecified atom stereocenters. The number of ketones is 1. The summed E-state index contributed by atoms with van der Waals surface area (Å²) in [5, 5.41) is 2.85. The Labute approximate surface area is 133 Å². The fourth-order valence-corrected chi connectivity index (χ4v) is 3.44. The van der Waals surface area contributed by atoms with Crippen molar-refractivity contribution in [3.8, 4) is 0 Å². The Hall–Kier alpha value is -1.53. The monoisotopic (exact) mass is 333 g/mol. The van der Waals surface area contributed by atoms with Crippen molar-refractivity contribution in [2.75, 3.05) is 7.11 Å². The molecular formula is C16H22F3NO3. The molecule has 0 radical (unpaired) electrons. The average molecular weight is 333 g/mol. The number of esters is 1. The molecule has 7 heteroatoms. The molecule has 1 saturated carbocycles. The smallest absolute Gasteiger partial charge is 0.454 e. The lowest BCUT2D eigenvalue weighted by Crippen LogP contribution is -2.52. The van der Waals surface area contributed by atoms with Gasteiger partial charge >= 0.3 is 12.1 Å². The molecule has 1 N–H and O–H groups in total. The van der Waals surface area contributed by atoms with Gasteiger partial charge in [0.25, 0.3) is 5.78 Å². The summed E-state index contributed by atoms with van der Waals surface area (Å²) in [5.41, 5.74) is -0.551. The van der Waals surface area contributed by atoms with Gasteiger partial charge in [-0.15, -0.1) is 0 Å². The number of hydrogen-bond acceptors (Lipinski definition) is 4. The predicted octanol–water partition coefficient (Wildman–Crippen LogP) is 3.12. The first-order valence-electron chi connectivity index (χ1n) is 7.80. The molecule has 130 valence electrons. The van der Waals surface area contributed by atoms with Crippen LogP contribution in [0.2, 0.25) is 0 Å². The molecule has 4 nitrogen and oxygen atoms in total. The van der Waals surface area contributed by atoms with Gasteiger partial charge in [0.05, 0.1) is 7.11 Å². The molecule has 0 aromatic heterocycles. The number of carbonyl (C=O) groups excluding carboxylic acids is 2. The minimum Gasteiger partial charge on any atom is -0.467 e. The van der Waals surface area contributed by atoms with Gasteiger partial charge in [-0.3, -0.25) is 4.79 Å². The summed E-state index contributed by atoms with van der Waals surface area (Å²) >= 11 is 0. The Bertz CT molecular complexity index is 533. The van der Waals surface area contributed by atoms with Crippen molar-refractivity contribution in [3.63, 3.8) is 0 Å². The van der Waals surface area contributed by atoms with Crippen molar-refractivity contribution in [2.24, 2.45) is 11.3 Å². The molecular weight excluding hydrogens is 311 g/mol. The van der Waals surface area contributed by atoms with E-state index in [2.05, 4.69) is 5.32 Å². The van der Waals surface area contributed by atoms with Crippen molar-refractivity contribution in [3.05, 3.63) is 11.3 Å². The largest absolute Gasteiger partial charge is 0.467 e. The number of Topliss-reactive ketones (excluding diaryl/α,β-unsaturated/α-hetero) is 1. The van der Waals surface area contributed by atoms with Crippen LogP contribution in [0.3, 0.4) is 0 Å².